The minimum atomic E-state index is -0.240. The molecule has 0 spiro atoms. The van der Waals surface area contributed by atoms with E-state index in [1.54, 1.807) is 14.0 Å². The molecule has 1 amide bonds. The van der Waals surface area contributed by atoms with Gasteiger partial charge in [0, 0.05) is 18.5 Å². The molecule has 38 heavy (non-hydrogen) atoms. The van der Waals surface area contributed by atoms with E-state index in [1.807, 2.05) is 89.8 Å². The van der Waals surface area contributed by atoms with Gasteiger partial charge in [0.15, 0.2) is 0 Å². The Labute approximate surface area is 223 Å². The first-order chi connectivity index (χ1) is 18.5. The maximum atomic E-state index is 13.4. The third-order valence-electron chi connectivity index (χ3n) is 6.97. The summed E-state index contributed by atoms with van der Waals surface area (Å²) in [5.74, 6) is 1.47. The van der Waals surface area contributed by atoms with Gasteiger partial charge in [0.1, 0.15) is 23.9 Å². The molecule has 0 saturated carbocycles. The molecule has 0 bridgehead atoms. The van der Waals surface area contributed by atoms with Crippen molar-refractivity contribution in [1.29, 1.82) is 0 Å². The van der Waals surface area contributed by atoms with Gasteiger partial charge in [0.2, 0.25) is 5.91 Å². The molecule has 1 aliphatic heterocycles. The van der Waals surface area contributed by atoms with E-state index in [1.165, 1.54) is 0 Å². The fraction of sp³-hybridized carbons (Fsp3) is 0.212. The van der Waals surface area contributed by atoms with Crippen molar-refractivity contribution in [3.63, 3.8) is 0 Å². The van der Waals surface area contributed by atoms with Crippen LogP contribution in [0.15, 0.2) is 103 Å². The molecule has 2 atom stereocenters. The van der Waals surface area contributed by atoms with Crippen LogP contribution < -0.4 is 9.47 Å². The average molecular weight is 506 g/mol. The van der Waals surface area contributed by atoms with Crippen LogP contribution in [0.25, 0.3) is 0 Å². The second-order valence-corrected chi connectivity index (χ2v) is 9.67. The number of amides is 1. The quantitative estimate of drug-likeness (QED) is 0.238. The Morgan fingerprint density at radius 3 is 2.16 bits per heavy atom. The van der Waals surface area contributed by atoms with Crippen molar-refractivity contribution in [2.45, 2.75) is 38.5 Å². The number of nitrogens with zero attached hydrogens (tertiary/aromatic N) is 1. The summed E-state index contributed by atoms with van der Waals surface area (Å²) in [6.45, 7) is 2.46. The highest BCUT2D eigenvalue weighted by Gasteiger charge is 2.48. The molecule has 1 aliphatic rings. The number of ketones is 1. The third kappa shape index (κ3) is 5.47. The van der Waals surface area contributed by atoms with Crippen molar-refractivity contribution in [1.82, 2.24) is 4.90 Å². The Hall–Kier alpha value is -4.38. The highest BCUT2D eigenvalue weighted by Crippen LogP contribution is 2.48. The second kappa shape index (κ2) is 11.3. The van der Waals surface area contributed by atoms with Crippen LogP contribution in [0.1, 0.15) is 46.7 Å². The summed E-state index contributed by atoms with van der Waals surface area (Å²) in [4.78, 5) is 26.8. The van der Waals surface area contributed by atoms with Crippen LogP contribution in [0.2, 0.25) is 0 Å². The standard InChI is InChI=1S/C33H31NO4/c1-23(35)19-24-13-16-29(17-14-24)38-22-28-20-27(15-18-30(28)37-2)32-31(26-11-7-4-8-12-26)33(36)34(32)21-25-9-5-3-6-10-25/h3-18,20,31-32H,19,21-22H2,1-2H3/t31-,32-/m0/s1. The molecular formula is C33H31NO4. The van der Waals surface area contributed by atoms with Gasteiger partial charge in [0.05, 0.1) is 19.1 Å². The SMILES string of the molecule is COc1ccc([C@H]2[C@H](c3ccccc3)C(=O)N2Cc2ccccc2)cc1COc1ccc(CC(C)=O)cc1. The monoisotopic (exact) mass is 505 g/mol. The van der Waals surface area contributed by atoms with Gasteiger partial charge in [-0.3, -0.25) is 9.59 Å². The summed E-state index contributed by atoms with van der Waals surface area (Å²) in [5, 5.41) is 0. The number of β-lactam (4-membered cyclic amide) rings is 1. The Balaban J connectivity index is 1.41. The van der Waals surface area contributed by atoms with Crippen molar-refractivity contribution in [3.8, 4) is 11.5 Å². The smallest absolute Gasteiger partial charge is 0.233 e. The Kier molecular flexibility index (Phi) is 7.55. The van der Waals surface area contributed by atoms with Gasteiger partial charge in [-0.05, 0) is 53.4 Å². The van der Waals surface area contributed by atoms with Crippen LogP contribution in [0.5, 0.6) is 11.5 Å². The lowest BCUT2D eigenvalue weighted by Crippen LogP contribution is -2.52. The predicted molar refractivity (Wildman–Crippen MR) is 147 cm³/mol. The van der Waals surface area contributed by atoms with Crippen molar-refractivity contribution >= 4 is 11.7 Å². The van der Waals surface area contributed by atoms with E-state index < -0.39 is 0 Å². The van der Waals surface area contributed by atoms with Crippen molar-refractivity contribution in [2.24, 2.45) is 0 Å². The third-order valence-corrected chi connectivity index (χ3v) is 6.97. The van der Waals surface area contributed by atoms with E-state index in [2.05, 4.69) is 18.2 Å². The predicted octanol–water partition coefficient (Wildman–Crippen LogP) is 6.27. The molecule has 1 fully saturated rings. The minimum Gasteiger partial charge on any atom is -0.496 e. The van der Waals surface area contributed by atoms with Gasteiger partial charge < -0.3 is 14.4 Å². The molecule has 0 unspecified atom stereocenters. The molecule has 1 saturated heterocycles. The van der Waals surface area contributed by atoms with Gasteiger partial charge >= 0.3 is 0 Å². The first kappa shape index (κ1) is 25.3. The first-order valence-electron chi connectivity index (χ1n) is 12.8. The lowest BCUT2D eigenvalue weighted by Gasteiger charge is -2.48. The molecular weight excluding hydrogens is 474 g/mol. The largest absolute Gasteiger partial charge is 0.496 e. The summed E-state index contributed by atoms with van der Waals surface area (Å²) in [6, 6.07) is 33.7. The summed E-state index contributed by atoms with van der Waals surface area (Å²) >= 11 is 0. The normalized spacial score (nSPS) is 16.6. The topological polar surface area (TPSA) is 55.8 Å². The molecule has 1 heterocycles. The van der Waals surface area contributed by atoms with Crippen LogP contribution in [0.3, 0.4) is 0 Å². The Morgan fingerprint density at radius 2 is 1.50 bits per heavy atom. The first-order valence-corrected chi connectivity index (χ1v) is 12.8. The van der Waals surface area contributed by atoms with Crippen LogP contribution in [0, 0.1) is 0 Å². The van der Waals surface area contributed by atoms with Gasteiger partial charge in [-0.1, -0.05) is 78.9 Å². The zero-order valence-electron chi connectivity index (χ0n) is 21.7. The van der Waals surface area contributed by atoms with Gasteiger partial charge in [0.25, 0.3) is 0 Å². The number of ether oxygens (including phenoxy) is 2. The molecule has 0 aliphatic carbocycles. The number of likely N-dealkylation sites (tertiary alicyclic amines) is 1. The van der Waals surface area contributed by atoms with E-state index in [0.717, 1.165) is 39.3 Å². The average Bonchev–Trinajstić information content (AvgIpc) is 2.94. The van der Waals surface area contributed by atoms with Gasteiger partial charge in [-0.2, -0.15) is 0 Å². The zero-order valence-corrected chi connectivity index (χ0v) is 21.7. The summed E-state index contributed by atoms with van der Waals surface area (Å²) < 4.78 is 11.7. The van der Waals surface area contributed by atoms with E-state index >= 15 is 0 Å². The molecule has 5 nitrogen and oxygen atoms in total. The van der Waals surface area contributed by atoms with Crippen LogP contribution in [-0.4, -0.2) is 23.7 Å². The Bertz CT molecular complexity index is 1400. The zero-order chi connectivity index (χ0) is 26.5. The van der Waals surface area contributed by atoms with E-state index in [-0.39, 0.29) is 23.7 Å². The van der Waals surface area contributed by atoms with E-state index in [0.29, 0.717) is 19.6 Å². The second-order valence-electron chi connectivity index (χ2n) is 9.67. The number of carbonyl (C=O) groups is 2. The molecule has 5 heteroatoms. The minimum absolute atomic E-state index is 0.0966. The number of methoxy groups -OCH3 is 1. The summed E-state index contributed by atoms with van der Waals surface area (Å²) in [7, 11) is 1.65. The van der Waals surface area contributed by atoms with Gasteiger partial charge in [-0.15, -0.1) is 0 Å². The number of Topliss-reactive ketones (excluding diaryl/α,β-unsaturated/α-hetero) is 1. The molecule has 192 valence electrons. The number of hydrogen-bond donors (Lipinski definition) is 0. The van der Waals surface area contributed by atoms with Crippen molar-refractivity contribution in [3.05, 3.63) is 131 Å². The summed E-state index contributed by atoms with van der Waals surface area (Å²) in [6.07, 6.45) is 0.415. The van der Waals surface area contributed by atoms with E-state index in [4.69, 9.17) is 9.47 Å². The lowest BCUT2D eigenvalue weighted by atomic mass is 9.77. The molecule has 4 aromatic rings. The fourth-order valence-electron chi connectivity index (χ4n) is 5.11. The molecule has 0 N–H and O–H groups in total. The molecule has 0 aromatic heterocycles. The van der Waals surface area contributed by atoms with Crippen LogP contribution >= 0.6 is 0 Å². The lowest BCUT2D eigenvalue weighted by molar-refractivity contribution is -0.151. The number of rotatable bonds is 10. The fourth-order valence-corrected chi connectivity index (χ4v) is 5.11. The maximum Gasteiger partial charge on any atom is 0.233 e. The Morgan fingerprint density at radius 1 is 0.816 bits per heavy atom. The maximum absolute atomic E-state index is 13.4. The number of carbonyl (C=O) groups excluding carboxylic acids is 2. The van der Waals surface area contributed by atoms with Crippen LogP contribution in [0.4, 0.5) is 0 Å². The summed E-state index contributed by atoms with van der Waals surface area (Å²) in [5.41, 5.74) is 5.03. The van der Waals surface area contributed by atoms with Crippen LogP contribution in [-0.2, 0) is 29.2 Å². The van der Waals surface area contributed by atoms with Gasteiger partial charge in [-0.25, -0.2) is 0 Å². The molecule has 0 radical (unpaired) electrons. The highest BCUT2D eigenvalue weighted by atomic mass is 16.5. The van der Waals surface area contributed by atoms with Crippen molar-refractivity contribution < 1.29 is 19.1 Å². The molecule has 4 aromatic carbocycles. The number of benzene rings is 4. The van der Waals surface area contributed by atoms with E-state index in [9.17, 15) is 9.59 Å². The molecule has 5 rings (SSSR count). The van der Waals surface area contributed by atoms with Crippen molar-refractivity contribution in [2.75, 3.05) is 7.11 Å². The number of hydrogen-bond acceptors (Lipinski definition) is 4. The highest BCUT2D eigenvalue weighted by molar-refractivity contribution is 5.91.